The molecule has 0 amide bonds. The van der Waals surface area contributed by atoms with Gasteiger partial charge in [-0.3, -0.25) is 5.01 Å². The van der Waals surface area contributed by atoms with Gasteiger partial charge in [-0.05, 0) is 30.2 Å². The summed E-state index contributed by atoms with van der Waals surface area (Å²) in [4.78, 5) is 0. The van der Waals surface area contributed by atoms with Crippen molar-refractivity contribution in [2.45, 2.75) is 19.4 Å². The number of aryl methyl sites for hydroxylation is 1. The van der Waals surface area contributed by atoms with E-state index in [4.69, 9.17) is 11.6 Å². The maximum Gasteiger partial charge on any atom is 0.140 e. The zero-order chi connectivity index (χ0) is 16.1. The molecular weight excluding hydrogens is 278 g/mol. The third-order valence-corrected chi connectivity index (χ3v) is 3.33. The molecule has 1 unspecified atom stereocenters. The van der Waals surface area contributed by atoms with Crippen molar-refractivity contribution in [1.82, 2.24) is 0 Å². The number of hydrazine groups is 1. The fourth-order valence-electron chi connectivity index (χ4n) is 2.17. The lowest BCUT2D eigenvalue weighted by Crippen LogP contribution is -2.26. The number of aromatic hydroxyl groups is 1. The minimum absolute atomic E-state index is 0.0788. The van der Waals surface area contributed by atoms with E-state index < -0.39 is 6.10 Å². The summed E-state index contributed by atoms with van der Waals surface area (Å²) in [5.41, 5.74) is 8.52. The molecule has 0 saturated heterocycles. The van der Waals surface area contributed by atoms with Crippen LogP contribution in [0.2, 0.25) is 0 Å². The predicted molar refractivity (Wildman–Crippen MR) is 87.8 cm³/mol. The van der Waals surface area contributed by atoms with Crippen molar-refractivity contribution >= 4 is 5.69 Å². The van der Waals surface area contributed by atoms with Crippen LogP contribution in [0.5, 0.6) is 5.75 Å². The topological polar surface area (TPSA) is 95.7 Å². The van der Waals surface area contributed by atoms with Crippen LogP contribution < -0.4 is 16.6 Å². The maximum atomic E-state index is 10.1. The van der Waals surface area contributed by atoms with E-state index in [1.54, 1.807) is 12.1 Å². The van der Waals surface area contributed by atoms with E-state index in [1.165, 1.54) is 11.2 Å². The summed E-state index contributed by atoms with van der Waals surface area (Å²) in [6.07, 6.45) is 1.05. The minimum Gasteiger partial charge on any atom is -0.506 e. The van der Waals surface area contributed by atoms with E-state index in [-0.39, 0.29) is 12.2 Å². The zero-order valence-corrected chi connectivity index (χ0v) is 12.5. The van der Waals surface area contributed by atoms with Crippen LogP contribution in [-0.2, 0) is 0 Å². The van der Waals surface area contributed by atoms with Gasteiger partial charge in [-0.1, -0.05) is 36.4 Å². The molecule has 0 aliphatic rings. The number of anilines is 1. The fraction of sp³-hybridized carbons (Fsp3) is 0.176. The highest BCUT2D eigenvalue weighted by atomic mass is 16.3. The normalized spacial score (nSPS) is 13.0. The summed E-state index contributed by atoms with van der Waals surface area (Å²) in [5.74, 6) is 5.98. The van der Waals surface area contributed by atoms with E-state index in [0.717, 1.165) is 11.1 Å². The number of aliphatic hydroxyl groups excluding tert-OH is 1. The Morgan fingerprint density at radius 3 is 2.55 bits per heavy atom. The van der Waals surface area contributed by atoms with Crippen LogP contribution >= 0.6 is 0 Å². The van der Waals surface area contributed by atoms with Gasteiger partial charge >= 0.3 is 0 Å². The SMILES string of the molecule is Cc1ccc(N(N)/C=C(\N)CC(O)c2ccccc2)c(O)c1. The molecule has 0 radical (unpaired) electrons. The van der Waals surface area contributed by atoms with E-state index in [1.807, 2.05) is 43.3 Å². The molecule has 116 valence electrons. The highest BCUT2D eigenvalue weighted by molar-refractivity contribution is 5.59. The van der Waals surface area contributed by atoms with Crippen LogP contribution in [0.25, 0.3) is 0 Å². The van der Waals surface area contributed by atoms with E-state index in [9.17, 15) is 10.2 Å². The molecule has 2 aromatic rings. The first-order chi connectivity index (χ1) is 10.5. The van der Waals surface area contributed by atoms with E-state index >= 15 is 0 Å². The summed E-state index contributed by atoms with van der Waals surface area (Å²) >= 11 is 0. The monoisotopic (exact) mass is 299 g/mol. The first-order valence-corrected chi connectivity index (χ1v) is 7.00. The molecule has 0 aliphatic heterocycles. The van der Waals surface area contributed by atoms with Crippen molar-refractivity contribution in [3.8, 4) is 5.75 Å². The summed E-state index contributed by atoms with van der Waals surface area (Å²) in [6.45, 7) is 1.88. The van der Waals surface area contributed by atoms with Crippen LogP contribution in [0, 0.1) is 6.92 Å². The van der Waals surface area contributed by atoms with E-state index in [2.05, 4.69) is 0 Å². The first kappa shape index (κ1) is 15.9. The fourth-order valence-corrected chi connectivity index (χ4v) is 2.17. The van der Waals surface area contributed by atoms with Gasteiger partial charge in [-0.25, -0.2) is 5.84 Å². The molecule has 0 heterocycles. The Morgan fingerprint density at radius 2 is 1.91 bits per heavy atom. The number of phenolic OH excluding ortho intramolecular Hbond substituents is 1. The second-order valence-corrected chi connectivity index (χ2v) is 5.23. The number of benzene rings is 2. The van der Waals surface area contributed by atoms with Gasteiger partial charge < -0.3 is 15.9 Å². The summed E-state index contributed by atoms with van der Waals surface area (Å²) < 4.78 is 0. The van der Waals surface area contributed by atoms with Gasteiger partial charge in [0.15, 0.2) is 0 Å². The standard InChI is InChI=1S/C17H21N3O2/c1-12-7-8-15(17(22)9-12)20(19)11-14(18)10-16(21)13-5-3-2-4-6-13/h2-9,11,16,21-22H,10,18-19H2,1H3/b14-11-. The van der Waals surface area contributed by atoms with Gasteiger partial charge in [-0.15, -0.1) is 0 Å². The molecule has 6 N–H and O–H groups in total. The molecule has 0 aromatic heterocycles. The van der Waals surface area contributed by atoms with Crippen molar-refractivity contribution in [3.63, 3.8) is 0 Å². The lowest BCUT2D eigenvalue weighted by molar-refractivity contribution is 0.178. The predicted octanol–water partition coefficient (Wildman–Crippen LogP) is 2.30. The van der Waals surface area contributed by atoms with Gasteiger partial charge in [0.05, 0.1) is 11.8 Å². The van der Waals surface area contributed by atoms with Crippen molar-refractivity contribution in [2.75, 3.05) is 5.01 Å². The number of rotatable bonds is 5. The Kier molecular flexibility index (Phi) is 5.04. The van der Waals surface area contributed by atoms with Gasteiger partial charge in [0, 0.05) is 18.3 Å². The molecule has 5 heteroatoms. The molecule has 22 heavy (non-hydrogen) atoms. The Balaban J connectivity index is 2.08. The number of phenols is 1. The summed E-state index contributed by atoms with van der Waals surface area (Å²) in [6, 6.07) is 14.5. The van der Waals surface area contributed by atoms with Crippen molar-refractivity contribution in [2.24, 2.45) is 11.6 Å². The molecule has 2 rings (SSSR count). The molecule has 0 saturated carbocycles. The van der Waals surface area contributed by atoms with E-state index in [0.29, 0.717) is 11.4 Å². The molecule has 1 atom stereocenters. The number of nitrogens with zero attached hydrogens (tertiary/aromatic N) is 1. The number of aliphatic hydroxyl groups is 1. The van der Waals surface area contributed by atoms with Gasteiger partial charge in [0.25, 0.3) is 0 Å². The average molecular weight is 299 g/mol. The molecule has 0 fully saturated rings. The Hall–Kier alpha value is -2.50. The van der Waals surface area contributed by atoms with Crippen LogP contribution in [-0.4, -0.2) is 10.2 Å². The second kappa shape index (κ2) is 6.98. The largest absolute Gasteiger partial charge is 0.506 e. The lowest BCUT2D eigenvalue weighted by atomic mass is 10.1. The van der Waals surface area contributed by atoms with Crippen LogP contribution in [0.1, 0.15) is 23.7 Å². The molecular formula is C17H21N3O2. The molecule has 0 bridgehead atoms. The maximum absolute atomic E-state index is 10.1. The summed E-state index contributed by atoms with van der Waals surface area (Å²) in [7, 11) is 0. The van der Waals surface area contributed by atoms with Crippen LogP contribution in [0.15, 0.2) is 60.4 Å². The quantitative estimate of drug-likeness (QED) is 0.502. The highest BCUT2D eigenvalue weighted by Crippen LogP contribution is 2.27. The zero-order valence-electron chi connectivity index (χ0n) is 12.5. The number of hydrogen-bond acceptors (Lipinski definition) is 5. The van der Waals surface area contributed by atoms with Crippen molar-refractivity contribution in [3.05, 3.63) is 71.6 Å². The average Bonchev–Trinajstić information content (AvgIpc) is 2.47. The molecule has 5 nitrogen and oxygen atoms in total. The lowest BCUT2D eigenvalue weighted by Gasteiger charge is -2.18. The Bertz CT molecular complexity index is 656. The van der Waals surface area contributed by atoms with Gasteiger partial charge in [0.1, 0.15) is 5.75 Å². The summed E-state index contributed by atoms with van der Waals surface area (Å²) in [5, 5.41) is 21.3. The van der Waals surface area contributed by atoms with Gasteiger partial charge in [-0.2, -0.15) is 0 Å². The third-order valence-electron chi connectivity index (χ3n) is 3.33. The first-order valence-electron chi connectivity index (χ1n) is 7.00. The Morgan fingerprint density at radius 1 is 1.23 bits per heavy atom. The van der Waals surface area contributed by atoms with Crippen molar-refractivity contribution < 1.29 is 10.2 Å². The van der Waals surface area contributed by atoms with Crippen LogP contribution in [0.3, 0.4) is 0 Å². The Labute approximate surface area is 130 Å². The van der Waals surface area contributed by atoms with Gasteiger partial charge in [0.2, 0.25) is 0 Å². The third kappa shape index (κ3) is 4.00. The molecule has 2 aromatic carbocycles. The number of hydrogen-bond donors (Lipinski definition) is 4. The smallest absolute Gasteiger partial charge is 0.140 e. The van der Waals surface area contributed by atoms with Crippen molar-refractivity contribution in [1.29, 1.82) is 0 Å². The second-order valence-electron chi connectivity index (χ2n) is 5.23. The molecule has 0 aliphatic carbocycles. The molecule has 0 spiro atoms. The minimum atomic E-state index is -0.697. The highest BCUT2D eigenvalue weighted by Gasteiger charge is 2.10. The number of nitrogens with two attached hydrogens (primary N) is 2. The van der Waals surface area contributed by atoms with Crippen LogP contribution in [0.4, 0.5) is 5.69 Å².